The molecule has 0 radical (unpaired) electrons. The molecule has 1 aliphatic carbocycles. The molecule has 1 aliphatic rings. The average molecular weight is 293 g/mol. The van der Waals surface area contributed by atoms with Gasteiger partial charge in [0.25, 0.3) is 0 Å². The van der Waals surface area contributed by atoms with Crippen molar-refractivity contribution in [3.05, 3.63) is 28.3 Å². The van der Waals surface area contributed by atoms with Gasteiger partial charge in [0, 0.05) is 13.1 Å². The Morgan fingerprint density at radius 1 is 1.48 bits per heavy atom. The summed E-state index contributed by atoms with van der Waals surface area (Å²) < 4.78 is 5.41. The largest absolute Gasteiger partial charge is 0.487 e. The topological polar surface area (TPSA) is 81.6 Å². The minimum absolute atomic E-state index is 0.0459. The molecular formula is C15H23N3O3. The van der Waals surface area contributed by atoms with Crippen molar-refractivity contribution in [3.63, 3.8) is 0 Å². The molecule has 0 bridgehead atoms. The predicted molar refractivity (Wildman–Crippen MR) is 82.9 cm³/mol. The number of nitro benzene ring substituents is 1. The normalized spacial score (nSPS) is 21.3. The maximum absolute atomic E-state index is 11.5. The summed E-state index contributed by atoms with van der Waals surface area (Å²) in [4.78, 5) is 13.1. The fourth-order valence-electron chi connectivity index (χ4n) is 3.23. The summed E-state index contributed by atoms with van der Waals surface area (Å²) in [6.07, 6.45) is 3.23. The second-order valence-corrected chi connectivity index (χ2v) is 5.42. The number of nitrogens with zero attached hydrogens (tertiary/aromatic N) is 2. The summed E-state index contributed by atoms with van der Waals surface area (Å²) in [5.41, 5.74) is 6.48. The Kier molecular flexibility index (Phi) is 5.01. The molecule has 2 N–H and O–H groups in total. The monoisotopic (exact) mass is 293 g/mol. The van der Waals surface area contributed by atoms with E-state index in [1.807, 2.05) is 18.9 Å². The summed E-state index contributed by atoms with van der Waals surface area (Å²) in [5, 5.41) is 11.5. The molecule has 0 amide bonds. The van der Waals surface area contributed by atoms with Gasteiger partial charge in [-0.2, -0.15) is 0 Å². The lowest BCUT2D eigenvalue weighted by Gasteiger charge is -2.31. The number of ether oxygens (including phenoxy) is 1. The fraction of sp³-hybridized carbons (Fsp3) is 0.600. The van der Waals surface area contributed by atoms with Gasteiger partial charge in [0.1, 0.15) is 5.69 Å². The quantitative estimate of drug-likeness (QED) is 0.644. The molecule has 1 saturated carbocycles. The van der Waals surface area contributed by atoms with Gasteiger partial charge in [-0.1, -0.05) is 12.5 Å². The van der Waals surface area contributed by atoms with Gasteiger partial charge in [-0.3, -0.25) is 10.1 Å². The van der Waals surface area contributed by atoms with Crippen LogP contribution in [0.3, 0.4) is 0 Å². The van der Waals surface area contributed by atoms with Crippen molar-refractivity contribution in [2.75, 3.05) is 25.1 Å². The molecule has 0 heterocycles. The number of para-hydroxylation sites is 1. The molecule has 0 aromatic heterocycles. The maximum Gasteiger partial charge on any atom is 0.333 e. The van der Waals surface area contributed by atoms with Gasteiger partial charge in [-0.25, -0.2) is 0 Å². The van der Waals surface area contributed by atoms with Crippen LogP contribution in [0, 0.1) is 16.0 Å². The first-order valence-electron chi connectivity index (χ1n) is 7.43. The molecule has 1 aromatic carbocycles. The van der Waals surface area contributed by atoms with E-state index < -0.39 is 0 Å². The molecule has 0 spiro atoms. The van der Waals surface area contributed by atoms with E-state index in [0.717, 1.165) is 19.3 Å². The van der Waals surface area contributed by atoms with Gasteiger partial charge in [0.05, 0.1) is 11.5 Å². The molecule has 1 aromatic rings. The second-order valence-electron chi connectivity index (χ2n) is 5.42. The molecule has 6 nitrogen and oxygen atoms in total. The molecule has 0 saturated heterocycles. The minimum atomic E-state index is -0.358. The third-order valence-corrected chi connectivity index (χ3v) is 4.26. The van der Waals surface area contributed by atoms with Gasteiger partial charge in [0.2, 0.25) is 0 Å². The summed E-state index contributed by atoms with van der Waals surface area (Å²) in [6, 6.07) is 5.49. The smallest absolute Gasteiger partial charge is 0.333 e. The number of anilines is 1. The third kappa shape index (κ3) is 3.10. The average Bonchev–Trinajstić information content (AvgIpc) is 2.94. The Labute approximate surface area is 125 Å². The molecule has 2 rings (SSSR count). The highest BCUT2D eigenvalue weighted by molar-refractivity contribution is 5.70. The highest BCUT2D eigenvalue weighted by Gasteiger charge is 2.33. The molecule has 2 atom stereocenters. The van der Waals surface area contributed by atoms with Crippen LogP contribution in [-0.2, 0) is 0 Å². The number of benzene rings is 1. The summed E-state index contributed by atoms with van der Waals surface area (Å²) in [7, 11) is 1.91. The Bertz CT molecular complexity index is 507. The Morgan fingerprint density at radius 2 is 2.24 bits per heavy atom. The highest BCUT2D eigenvalue weighted by Crippen LogP contribution is 2.40. The first kappa shape index (κ1) is 15.6. The fourth-order valence-corrected chi connectivity index (χ4v) is 3.23. The lowest BCUT2D eigenvalue weighted by Crippen LogP contribution is -2.38. The first-order chi connectivity index (χ1) is 10.1. The Hall–Kier alpha value is -1.82. The Balaban J connectivity index is 2.38. The summed E-state index contributed by atoms with van der Waals surface area (Å²) in [5.74, 6) is 0.722. The summed E-state index contributed by atoms with van der Waals surface area (Å²) in [6.45, 7) is 2.85. The molecule has 21 heavy (non-hydrogen) atoms. The first-order valence-corrected chi connectivity index (χ1v) is 7.43. The highest BCUT2D eigenvalue weighted by atomic mass is 16.6. The third-order valence-electron chi connectivity index (χ3n) is 4.26. The van der Waals surface area contributed by atoms with E-state index in [0.29, 0.717) is 30.5 Å². The SMILES string of the molecule is CCOc1cccc(N(C)C2CCCC2CN)c1[N+](=O)[O-]. The van der Waals surface area contributed by atoms with Crippen LogP contribution < -0.4 is 15.4 Å². The standard InChI is InChI=1S/C15H23N3O3/c1-3-21-14-9-5-8-13(15(14)18(19)20)17(2)12-7-4-6-11(12)10-16/h5,8-9,11-12H,3-4,6-7,10,16H2,1-2H3. The zero-order valence-electron chi connectivity index (χ0n) is 12.6. The summed E-state index contributed by atoms with van der Waals surface area (Å²) >= 11 is 0. The van der Waals surface area contributed by atoms with Crippen LogP contribution in [0.25, 0.3) is 0 Å². The van der Waals surface area contributed by atoms with Gasteiger partial charge in [-0.15, -0.1) is 0 Å². The Morgan fingerprint density at radius 3 is 2.86 bits per heavy atom. The van der Waals surface area contributed by atoms with Crippen molar-refractivity contribution in [2.45, 2.75) is 32.2 Å². The zero-order chi connectivity index (χ0) is 15.4. The molecule has 2 unspecified atom stereocenters. The molecule has 116 valence electrons. The van der Waals surface area contributed by atoms with Crippen LogP contribution in [0.2, 0.25) is 0 Å². The van der Waals surface area contributed by atoms with E-state index in [4.69, 9.17) is 10.5 Å². The lowest BCUT2D eigenvalue weighted by molar-refractivity contribution is -0.385. The van der Waals surface area contributed by atoms with Crippen LogP contribution in [0.1, 0.15) is 26.2 Å². The number of hydrogen-bond donors (Lipinski definition) is 1. The predicted octanol–water partition coefficient (Wildman–Crippen LogP) is 2.56. The van der Waals surface area contributed by atoms with Crippen molar-refractivity contribution < 1.29 is 9.66 Å². The van der Waals surface area contributed by atoms with E-state index in [-0.39, 0.29) is 16.7 Å². The van der Waals surface area contributed by atoms with Gasteiger partial charge in [-0.05, 0) is 44.4 Å². The number of rotatable bonds is 6. The van der Waals surface area contributed by atoms with Crippen molar-refractivity contribution >= 4 is 11.4 Å². The van der Waals surface area contributed by atoms with E-state index in [9.17, 15) is 10.1 Å². The van der Waals surface area contributed by atoms with Crippen molar-refractivity contribution in [3.8, 4) is 5.75 Å². The van der Waals surface area contributed by atoms with E-state index in [2.05, 4.69) is 0 Å². The van der Waals surface area contributed by atoms with Crippen molar-refractivity contribution in [1.82, 2.24) is 0 Å². The van der Waals surface area contributed by atoms with Crippen LogP contribution in [-0.4, -0.2) is 31.2 Å². The van der Waals surface area contributed by atoms with Crippen LogP contribution in [0.15, 0.2) is 18.2 Å². The molecule has 0 aliphatic heterocycles. The zero-order valence-corrected chi connectivity index (χ0v) is 12.6. The van der Waals surface area contributed by atoms with E-state index in [1.54, 1.807) is 18.2 Å². The number of nitro groups is 1. The van der Waals surface area contributed by atoms with Gasteiger partial charge < -0.3 is 15.4 Å². The molecule has 1 fully saturated rings. The van der Waals surface area contributed by atoms with E-state index >= 15 is 0 Å². The van der Waals surface area contributed by atoms with E-state index in [1.165, 1.54) is 0 Å². The lowest BCUT2D eigenvalue weighted by atomic mass is 10.0. The minimum Gasteiger partial charge on any atom is -0.487 e. The van der Waals surface area contributed by atoms with Crippen molar-refractivity contribution in [2.24, 2.45) is 11.7 Å². The van der Waals surface area contributed by atoms with Gasteiger partial charge in [0.15, 0.2) is 5.75 Å². The second kappa shape index (κ2) is 6.76. The number of hydrogen-bond acceptors (Lipinski definition) is 5. The van der Waals surface area contributed by atoms with Crippen LogP contribution >= 0.6 is 0 Å². The maximum atomic E-state index is 11.5. The number of nitrogens with two attached hydrogens (primary N) is 1. The van der Waals surface area contributed by atoms with Gasteiger partial charge >= 0.3 is 5.69 Å². The van der Waals surface area contributed by atoms with Crippen LogP contribution in [0.4, 0.5) is 11.4 Å². The molecule has 6 heteroatoms. The molecular weight excluding hydrogens is 270 g/mol. The van der Waals surface area contributed by atoms with Crippen molar-refractivity contribution in [1.29, 1.82) is 0 Å². The van der Waals surface area contributed by atoms with Crippen LogP contribution in [0.5, 0.6) is 5.75 Å².